The molecule has 0 bridgehead atoms. The standard InChI is InChI=1S/C16H19N3O/c1-2-17-15-8-5-9-16(18-15)19-10-11-20-14-7-4-3-6-13(14)12-19/h3-9H,2,10-12H2,1H3,(H,17,18). The van der Waals surface area contributed by atoms with Gasteiger partial charge in [0.1, 0.15) is 24.0 Å². The predicted molar refractivity (Wildman–Crippen MR) is 81.4 cm³/mol. The van der Waals surface area contributed by atoms with Crippen LogP contribution in [0, 0.1) is 0 Å². The Labute approximate surface area is 119 Å². The van der Waals surface area contributed by atoms with Crippen molar-refractivity contribution in [3.63, 3.8) is 0 Å². The van der Waals surface area contributed by atoms with Crippen molar-refractivity contribution in [3.8, 4) is 5.75 Å². The fourth-order valence-electron chi connectivity index (χ4n) is 2.40. The number of rotatable bonds is 3. The Balaban J connectivity index is 1.85. The van der Waals surface area contributed by atoms with Crippen LogP contribution in [-0.4, -0.2) is 24.7 Å². The van der Waals surface area contributed by atoms with Gasteiger partial charge in [0.15, 0.2) is 0 Å². The highest BCUT2D eigenvalue weighted by Gasteiger charge is 2.16. The number of benzene rings is 1. The molecule has 2 aromatic rings. The summed E-state index contributed by atoms with van der Waals surface area (Å²) >= 11 is 0. The molecule has 1 N–H and O–H groups in total. The molecule has 0 radical (unpaired) electrons. The summed E-state index contributed by atoms with van der Waals surface area (Å²) in [6, 6.07) is 14.3. The maximum atomic E-state index is 5.79. The van der Waals surface area contributed by atoms with Crippen molar-refractivity contribution in [3.05, 3.63) is 48.0 Å². The Morgan fingerprint density at radius 1 is 1.20 bits per heavy atom. The van der Waals surface area contributed by atoms with E-state index in [1.54, 1.807) is 0 Å². The number of fused-ring (bicyclic) bond motifs is 1. The average Bonchev–Trinajstić information content (AvgIpc) is 2.70. The highest BCUT2D eigenvalue weighted by Crippen LogP contribution is 2.25. The zero-order chi connectivity index (χ0) is 13.8. The molecule has 1 aromatic heterocycles. The van der Waals surface area contributed by atoms with Gasteiger partial charge in [-0.05, 0) is 25.1 Å². The van der Waals surface area contributed by atoms with E-state index in [4.69, 9.17) is 4.74 Å². The van der Waals surface area contributed by atoms with Crippen molar-refractivity contribution < 1.29 is 4.74 Å². The molecule has 1 aromatic carbocycles. The van der Waals surface area contributed by atoms with Crippen LogP contribution < -0.4 is 15.0 Å². The van der Waals surface area contributed by atoms with Crippen LogP contribution in [0.2, 0.25) is 0 Å². The van der Waals surface area contributed by atoms with E-state index in [0.29, 0.717) is 6.61 Å². The summed E-state index contributed by atoms with van der Waals surface area (Å²) in [5.74, 6) is 2.89. The molecule has 0 saturated heterocycles. The van der Waals surface area contributed by atoms with Gasteiger partial charge >= 0.3 is 0 Å². The second-order valence-corrected chi connectivity index (χ2v) is 4.79. The smallest absolute Gasteiger partial charge is 0.131 e. The zero-order valence-electron chi connectivity index (χ0n) is 11.7. The molecule has 1 aliphatic rings. The molecule has 1 aliphatic heterocycles. The molecule has 104 valence electrons. The number of pyridine rings is 1. The van der Waals surface area contributed by atoms with Crippen molar-refractivity contribution in [2.75, 3.05) is 29.9 Å². The monoisotopic (exact) mass is 269 g/mol. The summed E-state index contributed by atoms with van der Waals surface area (Å²) in [4.78, 5) is 6.92. The maximum absolute atomic E-state index is 5.79. The molecule has 0 amide bonds. The van der Waals surface area contributed by atoms with Crippen LogP contribution in [0.5, 0.6) is 5.75 Å². The second-order valence-electron chi connectivity index (χ2n) is 4.79. The Bertz CT molecular complexity index is 585. The average molecular weight is 269 g/mol. The highest BCUT2D eigenvalue weighted by atomic mass is 16.5. The lowest BCUT2D eigenvalue weighted by Crippen LogP contribution is -2.26. The van der Waals surface area contributed by atoms with Gasteiger partial charge in [-0.3, -0.25) is 0 Å². The summed E-state index contributed by atoms with van der Waals surface area (Å²) in [5.41, 5.74) is 1.21. The maximum Gasteiger partial charge on any atom is 0.131 e. The van der Waals surface area contributed by atoms with E-state index < -0.39 is 0 Å². The second kappa shape index (κ2) is 5.82. The largest absolute Gasteiger partial charge is 0.491 e. The summed E-state index contributed by atoms with van der Waals surface area (Å²) in [5, 5.41) is 3.25. The topological polar surface area (TPSA) is 37.4 Å². The lowest BCUT2D eigenvalue weighted by molar-refractivity contribution is 0.331. The summed E-state index contributed by atoms with van der Waals surface area (Å²) < 4.78 is 5.79. The molecule has 3 rings (SSSR count). The van der Waals surface area contributed by atoms with Crippen LogP contribution in [0.1, 0.15) is 12.5 Å². The third-order valence-corrected chi connectivity index (χ3v) is 3.37. The van der Waals surface area contributed by atoms with Gasteiger partial charge in [0.05, 0.1) is 6.54 Å². The minimum absolute atomic E-state index is 0.685. The Hall–Kier alpha value is -2.23. The fourth-order valence-corrected chi connectivity index (χ4v) is 2.40. The number of aromatic nitrogens is 1. The van der Waals surface area contributed by atoms with Gasteiger partial charge in [-0.25, -0.2) is 4.98 Å². The van der Waals surface area contributed by atoms with Crippen molar-refractivity contribution in [2.45, 2.75) is 13.5 Å². The molecule has 20 heavy (non-hydrogen) atoms. The number of anilines is 2. The van der Waals surface area contributed by atoms with Crippen LogP contribution in [-0.2, 0) is 6.54 Å². The lowest BCUT2D eigenvalue weighted by Gasteiger charge is -2.21. The third-order valence-electron chi connectivity index (χ3n) is 3.37. The molecule has 0 saturated carbocycles. The number of nitrogens with one attached hydrogen (secondary N) is 1. The first kappa shape index (κ1) is 12.8. The normalized spacial score (nSPS) is 14.2. The van der Waals surface area contributed by atoms with Crippen molar-refractivity contribution in [1.29, 1.82) is 0 Å². The van der Waals surface area contributed by atoms with Gasteiger partial charge in [0, 0.05) is 18.7 Å². The van der Waals surface area contributed by atoms with E-state index in [9.17, 15) is 0 Å². The number of ether oxygens (including phenoxy) is 1. The molecule has 0 unspecified atom stereocenters. The van der Waals surface area contributed by atoms with Crippen LogP contribution >= 0.6 is 0 Å². The number of nitrogens with zero attached hydrogens (tertiary/aromatic N) is 2. The Morgan fingerprint density at radius 2 is 2.10 bits per heavy atom. The van der Waals surface area contributed by atoms with E-state index >= 15 is 0 Å². The van der Waals surface area contributed by atoms with Gasteiger partial charge in [-0.1, -0.05) is 24.3 Å². The Morgan fingerprint density at radius 3 is 3.00 bits per heavy atom. The molecule has 2 heterocycles. The molecule has 0 aliphatic carbocycles. The van der Waals surface area contributed by atoms with E-state index in [1.807, 2.05) is 30.3 Å². The van der Waals surface area contributed by atoms with E-state index in [1.165, 1.54) is 5.56 Å². The Kier molecular flexibility index (Phi) is 3.72. The molecule has 0 fully saturated rings. The number of hydrogen-bond acceptors (Lipinski definition) is 4. The molecular formula is C16H19N3O. The quantitative estimate of drug-likeness (QED) is 0.929. The zero-order valence-corrected chi connectivity index (χ0v) is 11.7. The predicted octanol–water partition coefficient (Wildman–Crippen LogP) is 2.91. The minimum atomic E-state index is 0.685. The fraction of sp³-hybridized carbons (Fsp3) is 0.312. The van der Waals surface area contributed by atoms with E-state index in [0.717, 1.165) is 37.0 Å². The van der Waals surface area contributed by atoms with E-state index in [2.05, 4.69) is 34.3 Å². The van der Waals surface area contributed by atoms with Gasteiger partial charge in [0.2, 0.25) is 0 Å². The number of para-hydroxylation sites is 1. The number of hydrogen-bond donors (Lipinski definition) is 1. The van der Waals surface area contributed by atoms with Crippen LogP contribution in [0.15, 0.2) is 42.5 Å². The van der Waals surface area contributed by atoms with Crippen molar-refractivity contribution in [1.82, 2.24) is 4.98 Å². The van der Waals surface area contributed by atoms with Gasteiger partial charge in [-0.15, -0.1) is 0 Å². The van der Waals surface area contributed by atoms with E-state index in [-0.39, 0.29) is 0 Å². The summed E-state index contributed by atoms with van der Waals surface area (Å²) in [6.45, 7) is 5.31. The highest BCUT2D eigenvalue weighted by molar-refractivity contribution is 5.49. The molecule has 0 atom stereocenters. The summed E-state index contributed by atoms with van der Waals surface area (Å²) in [6.07, 6.45) is 0. The van der Waals surface area contributed by atoms with Crippen molar-refractivity contribution in [2.24, 2.45) is 0 Å². The van der Waals surface area contributed by atoms with Crippen LogP contribution in [0.4, 0.5) is 11.6 Å². The molecule has 4 heteroatoms. The minimum Gasteiger partial charge on any atom is -0.491 e. The molecule has 4 nitrogen and oxygen atoms in total. The van der Waals surface area contributed by atoms with Crippen LogP contribution in [0.3, 0.4) is 0 Å². The first-order chi connectivity index (χ1) is 9.86. The summed E-state index contributed by atoms with van der Waals surface area (Å²) in [7, 11) is 0. The van der Waals surface area contributed by atoms with Crippen molar-refractivity contribution >= 4 is 11.6 Å². The molecular weight excluding hydrogens is 250 g/mol. The SMILES string of the molecule is CCNc1cccc(N2CCOc3ccccc3C2)n1. The third kappa shape index (κ3) is 2.69. The van der Waals surface area contributed by atoms with Crippen LogP contribution in [0.25, 0.3) is 0 Å². The lowest BCUT2D eigenvalue weighted by atomic mass is 10.2. The first-order valence-corrected chi connectivity index (χ1v) is 7.03. The van der Waals surface area contributed by atoms with Gasteiger partial charge in [-0.2, -0.15) is 0 Å². The first-order valence-electron chi connectivity index (χ1n) is 7.03. The van der Waals surface area contributed by atoms with Gasteiger partial charge in [0.25, 0.3) is 0 Å². The van der Waals surface area contributed by atoms with Gasteiger partial charge < -0.3 is 15.0 Å². The molecule has 0 spiro atoms.